The largest absolute Gasteiger partial charge is 0.332 e. The molecule has 0 aliphatic carbocycles. The fourth-order valence-corrected chi connectivity index (χ4v) is 3.02. The number of nitrogens with two attached hydrogens (primary N) is 1. The lowest BCUT2D eigenvalue weighted by Crippen LogP contribution is -2.36. The van der Waals surface area contributed by atoms with Crippen LogP contribution in [0, 0.1) is 12.8 Å². The van der Waals surface area contributed by atoms with Crippen molar-refractivity contribution >= 4 is 10.0 Å². The average Bonchev–Trinajstić information content (AvgIpc) is 2.72. The quantitative estimate of drug-likeness (QED) is 0.770. The van der Waals surface area contributed by atoms with E-state index in [0.29, 0.717) is 25.5 Å². The third kappa shape index (κ3) is 3.27. The van der Waals surface area contributed by atoms with Crippen LogP contribution >= 0.6 is 0 Å². The summed E-state index contributed by atoms with van der Waals surface area (Å²) in [4.78, 5) is 6.66. The predicted octanol–water partition coefficient (Wildman–Crippen LogP) is 0.324. The summed E-state index contributed by atoms with van der Waals surface area (Å²) < 4.78 is 25.9. The molecule has 98 valence electrons. The van der Waals surface area contributed by atoms with Crippen LogP contribution in [0.25, 0.3) is 0 Å². The molecule has 0 aliphatic rings. The van der Waals surface area contributed by atoms with Gasteiger partial charge in [0, 0.05) is 13.1 Å². The summed E-state index contributed by atoms with van der Waals surface area (Å²) in [5.41, 5.74) is 5.52. The van der Waals surface area contributed by atoms with E-state index in [-0.39, 0.29) is 10.9 Å². The maximum atomic E-state index is 12.2. The molecule has 0 saturated carbocycles. The Hall–Kier alpha value is -0.920. The smallest absolute Gasteiger partial charge is 0.260 e. The zero-order chi connectivity index (χ0) is 13.1. The topological polar surface area (TPSA) is 92.1 Å². The standard InChI is InChI=1S/C10H20N4O2S/c1-4-14(7-8(2)5-11)17(15,16)10-6-12-9(3)13-10/h6,8H,4-5,7,11H2,1-3H3,(H,12,13). The van der Waals surface area contributed by atoms with Gasteiger partial charge in [-0.15, -0.1) is 0 Å². The lowest BCUT2D eigenvalue weighted by atomic mass is 10.2. The van der Waals surface area contributed by atoms with Crippen LogP contribution in [0.3, 0.4) is 0 Å². The summed E-state index contributed by atoms with van der Waals surface area (Å²) in [7, 11) is -3.48. The molecule has 0 radical (unpaired) electrons. The number of nitrogens with zero attached hydrogens (tertiary/aromatic N) is 2. The Labute approximate surface area is 102 Å². The molecular formula is C10H20N4O2S. The van der Waals surface area contributed by atoms with Crippen LogP contribution in [0.1, 0.15) is 19.7 Å². The van der Waals surface area contributed by atoms with E-state index < -0.39 is 10.0 Å². The third-order valence-electron chi connectivity index (χ3n) is 2.57. The van der Waals surface area contributed by atoms with Gasteiger partial charge in [0.1, 0.15) is 5.82 Å². The van der Waals surface area contributed by atoms with Crippen molar-refractivity contribution in [1.29, 1.82) is 0 Å². The SMILES string of the molecule is CCN(CC(C)CN)S(=O)(=O)c1cnc(C)[nH]1. The van der Waals surface area contributed by atoms with Crippen LogP contribution in [-0.4, -0.2) is 42.3 Å². The molecule has 3 N–H and O–H groups in total. The van der Waals surface area contributed by atoms with Gasteiger partial charge in [-0.1, -0.05) is 13.8 Å². The minimum Gasteiger partial charge on any atom is -0.332 e. The average molecular weight is 260 g/mol. The molecule has 7 heteroatoms. The number of aromatic nitrogens is 2. The molecule has 1 aromatic heterocycles. The molecular weight excluding hydrogens is 240 g/mol. The van der Waals surface area contributed by atoms with Gasteiger partial charge in [-0.2, -0.15) is 4.31 Å². The van der Waals surface area contributed by atoms with Gasteiger partial charge in [-0.25, -0.2) is 13.4 Å². The number of nitrogens with one attached hydrogen (secondary N) is 1. The Balaban J connectivity index is 2.94. The molecule has 17 heavy (non-hydrogen) atoms. The fourth-order valence-electron chi connectivity index (χ4n) is 1.49. The highest BCUT2D eigenvalue weighted by molar-refractivity contribution is 7.89. The molecule has 0 spiro atoms. The summed E-state index contributed by atoms with van der Waals surface area (Å²) in [6.07, 6.45) is 1.35. The van der Waals surface area contributed by atoms with E-state index in [2.05, 4.69) is 9.97 Å². The van der Waals surface area contributed by atoms with Crippen molar-refractivity contribution in [2.45, 2.75) is 25.8 Å². The van der Waals surface area contributed by atoms with Gasteiger partial charge in [-0.05, 0) is 19.4 Å². The first kappa shape index (κ1) is 14.1. The van der Waals surface area contributed by atoms with E-state index in [1.165, 1.54) is 10.5 Å². The molecule has 1 aromatic rings. The molecule has 1 atom stereocenters. The van der Waals surface area contributed by atoms with E-state index in [1.807, 2.05) is 13.8 Å². The Bertz CT molecular complexity index is 455. The van der Waals surface area contributed by atoms with Gasteiger partial charge in [0.05, 0.1) is 6.20 Å². The van der Waals surface area contributed by atoms with Gasteiger partial charge in [-0.3, -0.25) is 0 Å². The van der Waals surface area contributed by atoms with E-state index in [9.17, 15) is 8.42 Å². The molecule has 1 rings (SSSR count). The number of hydrogen-bond donors (Lipinski definition) is 2. The van der Waals surface area contributed by atoms with Gasteiger partial charge in [0.25, 0.3) is 10.0 Å². The number of rotatable bonds is 6. The first-order valence-corrected chi connectivity index (χ1v) is 7.07. The van der Waals surface area contributed by atoms with Crippen molar-refractivity contribution in [3.8, 4) is 0 Å². The Morgan fingerprint density at radius 2 is 2.24 bits per heavy atom. The second-order valence-electron chi connectivity index (χ2n) is 4.13. The summed E-state index contributed by atoms with van der Waals surface area (Å²) >= 11 is 0. The second kappa shape index (κ2) is 5.61. The molecule has 6 nitrogen and oxygen atoms in total. The first-order chi connectivity index (χ1) is 7.91. The van der Waals surface area contributed by atoms with Crippen LogP contribution in [0.5, 0.6) is 0 Å². The highest BCUT2D eigenvalue weighted by Gasteiger charge is 2.25. The number of aryl methyl sites for hydroxylation is 1. The van der Waals surface area contributed by atoms with Crippen molar-refractivity contribution in [3.63, 3.8) is 0 Å². The number of H-pyrrole nitrogens is 1. The molecule has 1 heterocycles. The van der Waals surface area contributed by atoms with Gasteiger partial charge in [0.15, 0.2) is 5.03 Å². The lowest BCUT2D eigenvalue weighted by Gasteiger charge is -2.22. The number of hydrogen-bond acceptors (Lipinski definition) is 4. The van der Waals surface area contributed by atoms with E-state index in [1.54, 1.807) is 6.92 Å². The van der Waals surface area contributed by atoms with Crippen molar-refractivity contribution in [2.24, 2.45) is 11.7 Å². The van der Waals surface area contributed by atoms with Crippen LogP contribution in [0.4, 0.5) is 0 Å². The van der Waals surface area contributed by atoms with Gasteiger partial charge in [0.2, 0.25) is 0 Å². The van der Waals surface area contributed by atoms with E-state index in [0.717, 1.165) is 0 Å². The Morgan fingerprint density at radius 1 is 1.59 bits per heavy atom. The summed E-state index contributed by atoms with van der Waals surface area (Å²) in [6.45, 7) is 6.77. The maximum Gasteiger partial charge on any atom is 0.260 e. The summed E-state index contributed by atoms with van der Waals surface area (Å²) in [5.74, 6) is 0.722. The molecule has 0 saturated heterocycles. The predicted molar refractivity (Wildman–Crippen MR) is 66.0 cm³/mol. The molecule has 0 amide bonds. The third-order valence-corrected chi connectivity index (χ3v) is 4.42. The van der Waals surface area contributed by atoms with Crippen LogP contribution in [-0.2, 0) is 10.0 Å². The number of sulfonamides is 1. The van der Waals surface area contributed by atoms with Gasteiger partial charge < -0.3 is 10.7 Å². The Morgan fingerprint density at radius 3 is 2.65 bits per heavy atom. The molecule has 0 fully saturated rings. The molecule has 0 aliphatic heterocycles. The van der Waals surface area contributed by atoms with Crippen LogP contribution in [0.2, 0.25) is 0 Å². The van der Waals surface area contributed by atoms with Crippen molar-refractivity contribution in [1.82, 2.24) is 14.3 Å². The van der Waals surface area contributed by atoms with Crippen LogP contribution < -0.4 is 5.73 Å². The highest BCUT2D eigenvalue weighted by atomic mass is 32.2. The minimum atomic E-state index is -3.48. The second-order valence-corrected chi connectivity index (χ2v) is 6.04. The lowest BCUT2D eigenvalue weighted by molar-refractivity contribution is 0.370. The summed E-state index contributed by atoms with van der Waals surface area (Å²) in [5, 5.41) is 0.140. The van der Waals surface area contributed by atoms with Crippen molar-refractivity contribution in [3.05, 3.63) is 12.0 Å². The zero-order valence-electron chi connectivity index (χ0n) is 10.5. The fraction of sp³-hybridized carbons (Fsp3) is 0.700. The first-order valence-electron chi connectivity index (χ1n) is 5.63. The molecule has 1 unspecified atom stereocenters. The normalized spacial score (nSPS) is 14.2. The van der Waals surface area contributed by atoms with Crippen molar-refractivity contribution in [2.75, 3.05) is 19.6 Å². The Kier molecular flexibility index (Phi) is 4.67. The monoisotopic (exact) mass is 260 g/mol. The van der Waals surface area contributed by atoms with E-state index in [4.69, 9.17) is 5.73 Å². The minimum absolute atomic E-state index is 0.133. The summed E-state index contributed by atoms with van der Waals surface area (Å²) in [6, 6.07) is 0. The number of aromatic amines is 1. The van der Waals surface area contributed by atoms with Crippen LogP contribution in [0.15, 0.2) is 11.2 Å². The highest BCUT2D eigenvalue weighted by Crippen LogP contribution is 2.14. The molecule has 0 aromatic carbocycles. The zero-order valence-corrected chi connectivity index (χ0v) is 11.3. The van der Waals surface area contributed by atoms with Gasteiger partial charge >= 0.3 is 0 Å². The van der Waals surface area contributed by atoms with E-state index >= 15 is 0 Å². The molecule has 0 bridgehead atoms. The number of imidazole rings is 1. The van der Waals surface area contributed by atoms with Crippen molar-refractivity contribution < 1.29 is 8.42 Å². The maximum absolute atomic E-state index is 12.2.